The number of rotatable bonds is 4. The third kappa shape index (κ3) is 3.24. The third-order valence-electron chi connectivity index (χ3n) is 2.31. The molecule has 0 amide bonds. The Labute approximate surface area is 90.3 Å². The monoisotopic (exact) mass is 204 g/mol. The summed E-state index contributed by atoms with van der Waals surface area (Å²) in [5.41, 5.74) is 3.07. The SMILES string of the molecule is CCC/C(=C\C(=O)O)c1ccccc1C. The lowest BCUT2D eigenvalue weighted by atomic mass is 9.97. The van der Waals surface area contributed by atoms with Crippen molar-refractivity contribution in [3.05, 3.63) is 41.5 Å². The Bertz CT molecular complexity index is 378. The van der Waals surface area contributed by atoms with Crippen molar-refractivity contribution in [2.45, 2.75) is 26.7 Å². The topological polar surface area (TPSA) is 37.3 Å². The Kier molecular flexibility index (Phi) is 4.10. The molecule has 0 atom stereocenters. The van der Waals surface area contributed by atoms with E-state index in [1.54, 1.807) is 0 Å². The molecule has 0 bridgehead atoms. The number of benzene rings is 1. The van der Waals surface area contributed by atoms with Gasteiger partial charge in [-0.15, -0.1) is 0 Å². The van der Waals surface area contributed by atoms with E-state index in [2.05, 4.69) is 0 Å². The zero-order valence-corrected chi connectivity index (χ0v) is 9.16. The van der Waals surface area contributed by atoms with Crippen molar-refractivity contribution in [3.8, 4) is 0 Å². The number of carboxylic acids is 1. The maximum atomic E-state index is 10.7. The molecule has 1 N–H and O–H groups in total. The van der Waals surface area contributed by atoms with Gasteiger partial charge in [0.2, 0.25) is 0 Å². The molecule has 1 aromatic rings. The zero-order valence-electron chi connectivity index (χ0n) is 9.16. The predicted octanol–water partition coefficient (Wildman–Crippen LogP) is 3.26. The molecule has 0 spiro atoms. The summed E-state index contributed by atoms with van der Waals surface area (Å²) >= 11 is 0. The zero-order chi connectivity index (χ0) is 11.3. The number of carbonyl (C=O) groups is 1. The number of hydrogen-bond donors (Lipinski definition) is 1. The van der Waals surface area contributed by atoms with E-state index in [0.29, 0.717) is 0 Å². The van der Waals surface area contributed by atoms with Crippen molar-refractivity contribution in [1.82, 2.24) is 0 Å². The van der Waals surface area contributed by atoms with E-state index in [9.17, 15) is 4.79 Å². The van der Waals surface area contributed by atoms with Crippen LogP contribution in [0, 0.1) is 6.92 Å². The normalized spacial score (nSPS) is 11.5. The second kappa shape index (κ2) is 5.35. The minimum absolute atomic E-state index is 0.803. The predicted molar refractivity (Wildman–Crippen MR) is 61.7 cm³/mol. The van der Waals surface area contributed by atoms with Gasteiger partial charge in [-0.25, -0.2) is 4.79 Å². The van der Waals surface area contributed by atoms with Crippen molar-refractivity contribution in [1.29, 1.82) is 0 Å². The lowest BCUT2D eigenvalue weighted by Gasteiger charge is -2.08. The fourth-order valence-electron chi connectivity index (χ4n) is 1.64. The summed E-state index contributed by atoms with van der Waals surface area (Å²) in [5.74, 6) is -0.873. The molecule has 0 saturated carbocycles. The smallest absolute Gasteiger partial charge is 0.328 e. The van der Waals surface area contributed by atoms with E-state index in [4.69, 9.17) is 5.11 Å². The summed E-state index contributed by atoms with van der Waals surface area (Å²) in [6.07, 6.45) is 3.07. The van der Waals surface area contributed by atoms with Gasteiger partial charge in [-0.1, -0.05) is 37.6 Å². The maximum absolute atomic E-state index is 10.7. The van der Waals surface area contributed by atoms with E-state index in [-0.39, 0.29) is 0 Å². The number of allylic oxidation sites excluding steroid dienone is 1. The van der Waals surface area contributed by atoms with Gasteiger partial charge in [0.15, 0.2) is 0 Å². The number of carboxylic acid groups (broad SMARTS) is 1. The molecule has 1 rings (SSSR count). The highest BCUT2D eigenvalue weighted by Crippen LogP contribution is 2.22. The van der Waals surface area contributed by atoms with E-state index in [1.165, 1.54) is 6.08 Å². The largest absolute Gasteiger partial charge is 0.478 e. The van der Waals surface area contributed by atoms with Crippen LogP contribution in [0.15, 0.2) is 30.3 Å². The molecule has 0 fully saturated rings. The highest BCUT2D eigenvalue weighted by Gasteiger charge is 2.05. The second-order valence-corrected chi connectivity index (χ2v) is 3.57. The molecule has 1 aromatic carbocycles. The van der Waals surface area contributed by atoms with Gasteiger partial charge in [-0.3, -0.25) is 0 Å². The van der Waals surface area contributed by atoms with E-state index >= 15 is 0 Å². The van der Waals surface area contributed by atoms with Gasteiger partial charge in [-0.05, 0) is 30.0 Å². The second-order valence-electron chi connectivity index (χ2n) is 3.57. The van der Waals surface area contributed by atoms with Crippen molar-refractivity contribution in [2.75, 3.05) is 0 Å². The van der Waals surface area contributed by atoms with Crippen LogP contribution in [0.25, 0.3) is 5.57 Å². The Hall–Kier alpha value is -1.57. The first-order valence-electron chi connectivity index (χ1n) is 5.14. The molecule has 0 heterocycles. The summed E-state index contributed by atoms with van der Waals surface area (Å²) in [6, 6.07) is 7.87. The van der Waals surface area contributed by atoms with Gasteiger partial charge in [0.05, 0.1) is 0 Å². The van der Waals surface area contributed by atoms with Crippen molar-refractivity contribution >= 4 is 11.5 Å². The lowest BCUT2D eigenvalue weighted by Crippen LogP contribution is -1.94. The maximum Gasteiger partial charge on any atom is 0.328 e. The van der Waals surface area contributed by atoms with E-state index in [1.807, 2.05) is 38.1 Å². The van der Waals surface area contributed by atoms with Gasteiger partial charge in [0.25, 0.3) is 0 Å². The molecule has 0 aliphatic carbocycles. The molecule has 2 nitrogen and oxygen atoms in total. The average Bonchev–Trinajstić information content (AvgIpc) is 2.17. The molecule has 0 aliphatic heterocycles. The van der Waals surface area contributed by atoms with Crippen LogP contribution in [0.5, 0.6) is 0 Å². The fraction of sp³-hybridized carbons (Fsp3) is 0.308. The molecule has 0 saturated heterocycles. The minimum Gasteiger partial charge on any atom is -0.478 e. The molecular weight excluding hydrogens is 188 g/mol. The third-order valence-corrected chi connectivity index (χ3v) is 2.31. The average molecular weight is 204 g/mol. The fourth-order valence-corrected chi connectivity index (χ4v) is 1.64. The Morgan fingerprint density at radius 2 is 2.07 bits per heavy atom. The van der Waals surface area contributed by atoms with Crippen molar-refractivity contribution in [2.24, 2.45) is 0 Å². The van der Waals surface area contributed by atoms with Crippen LogP contribution >= 0.6 is 0 Å². The van der Waals surface area contributed by atoms with Crippen LogP contribution in [-0.4, -0.2) is 11.1 Å². The van der Waals surface area contributed by atoms with Crippen LogP contribution < -0.4 is 0 Å². The highest BCUT2D eigenvalue weighted by atomic mass is 16.4. The van der Waals surface area contributed by atoms with Crippen LogP contribution in [0.4, 0.5) is 0 Å². The standard InChI is InChI=1S/C13H16O2/c1-3-6-11(9-13(14)15)12-8-5-4-7-10(12)2/h4-5,7-9H,3,6H2,1-2H3,(H,14,15)/b11-9+. The summed E-state index contributed by atoms with van der Waals surface area (Å²) in [5, 5.41) is 8.79. The number of hydrogen-bond acceptors (Lipinski definition) is 1. The van der Waals surface area contributed by atoms with Crippen LogP contribution in [0.2, 0.25) is 0 Å². The van der Waals surface area contributed by atoms with Crippen LogP contribution in [0.1, 0.15) is 30.9 Å². The van der Waals surface area contributed by atoms with Gasteiger partial charge in [0, 0.05) is 6.08 Å². The molecule has 0 aliphatic rings. The summed E-state index contributed by atoms with van der Waals surface area (Å²) in [7, 11) is 0. The molecule has 0 radical (unpaired) electrons. The molecule has 0 unspecified atom stereocenters. The van der Waals surface area contributed by atoms with Gasteiger partial charge < -0.3 is 5.11 Å². The van der Waals surface area contributed by atoms with Crippen molar-refractivity contribution < 1.29 is 9.90 Å². The Morgan fingerprint density at radius 3 is 2.60 bits per heavy atom. The first-order chi connectivity index (χ1) is 7.15. The van der Waals surface area contributed by atoms with Gasteiger partial charge >= 0.3 is 5.97 Å². The molecular formula is C13H16O2. The Morgan fingerprint density at radius 1 is 1.40 bits per heavy atom. The summed E-state index contributed by atoms with van der Waals surface area (Å²) in [6.45, 7) is 4.05. The van der Waals surface area contributed by atoms with Crippen LogP contribution in [-0.2, 0) is 4.79 Å². The van der Waals surface area contributed by atoms with Crippen molar-refractivity contribution in [3.63, 3.8) is 0 Å². The minimum atomic E-state index is -0.873. The van der Waals surface area contributed by atoms with E-state index < -0.39 is 5.97 Å². The molecule has 2 heteroatoms. The molecule has 0 aromatic heterocycles. The lowest BCUT2D eigenvalue weighted by molar-refractivity contribution is -0.131. The van der Waals surface area contributed by atoms with Gasteiger partial charge in [0.1, 0.15) is 0 Å². The first kappa shape index (κ1) is 11.5. The quantitative estimate of drug-likeness (QED) is 0.764. The highest BCUT2D eigenvalue weighted by molar-refractivity contribution is 5.90. The van der Waals surface area contributed by atoms with Gasteiger partial charge in [-0.2, -0.15) is 0 Å². The number of aryl methyl sites for hydroxylation is 1. The number of aliphatic carboxylic acids is 1. The first-order valence-corrected chi connectivity index (χ1v) is 5.14. The molecule has 80 valence electrons. The van der Waals surface area contributed by atoms with Crippen LogP contribution in [0.3, 0.4) is 0 Å². The Balaban J connectivity index is 3.10. The molecule has 15 heavy (non-hydrogen) atoms. The summed E-state index contributed by atoms with van der Waals surface area (Å²) in [4.78, 5) is 10.7. The summed E-state index contributed by atoms with van der Waals surface area (Å²) < 4.78 is 0. The van der Waals surface area contributed by atoms with E-state index in [0.717, 1.165) is 29.5 Å².